The highest BCUT2D eigenvalue weighted by Gasteiger charge is 2.35. The Bertz CT molecular complexity index is 285. The predicted octanol–water partition coefficient (Wildman–Crippen LogP) is 1.62. The highest BCUT2D eigenvalue weighted by atomic mass is 16.5. The number of ketones is 1. The van der Waals surface area contributed by atoms with E-state index in [1.54, 1.807) is 6.92 Å². The summed E-state index contributed by atoms with van der Waals surface area (Å²) in [4.78, 5) is 22.6. The van der Waals surface area contributed by atoms with Crippen LogP contribution in [0, 0.1) is 0 Å². The van der Waals surface area contributed by atoms with Crippen LogP contribution in [0.5, 0.6) is 0 Å². The van der Waals surface area contributed by atoms with Crippen LogP contribution in [0.2, 0.25) is 0 Å². The summed E-state index contributed by atoms with van der Waals surface area (Å²) in [6.07, 6.45) is 2.68. The van der Waals surface area contributed by atoms with Gasteiger partial charge in [-0.05, 0) is 40.5 Å². The van der Waals surface area contributed by atoms with E-state index in [9.17, 15) is 14.7 Å². The lowest BCUT2D eigenvalue weighted by atomic mass is 9.94. The predicted molar refractivity (Wildman–Crippen MR) is 60.9 cm³/mol. The Labute approximate surface area is 96.3 Å². The third-order valence-electron chi connectivity index (χ3n) is 2.13. The van der Waals surface area contributed by atoms with E-state index < -0.39 is 17.4 Å². The van der Waals surface area contributed by atoms with E-state index in [0.717, 1.165) is 5.57 Å². The second-order valence-electron chi connectivity index (χ2n) is 4.14. The third kappa shape index (κ3) is 5.07. The summed E-state index contributed by atoms with van der Waals surface area (Å²) in [5.41, 5.74) is -0.530. The van der Waals surface area contributed by atoms with Crippen molar-refractivity contribution in [3.8, 4) is 0 Å². The first-order valence-corrected chi connectivity index (χ1v) is 5.38. The van der Waals surface area contributed by atoms with Crippen LogP contribution in [-0.4, -0.2) is 29.1 Å². The molecule has 0 saturated carbocycles. The molecule has 92 valence electrons. The minimum Gasteiger partial charge on any atom is -0.460 e. The van der Waals surface area contributed by atoms with E-state index in [4.69, 9.17) is 0 Å². The lowest BCUT2D eigenvalue weighted by Crippen LogP contribution is -2.41. The molecular formula is C12H20O4. The Morgan fingerprint density at radius 3 is 2.38 bits per heavy atom. The van der Waals surface area contributed by atoms with Crippen molar-refractivity contribution in [1.82, 2.24) is 0 Å². The van der Waals surface area contributed by atoms with Gasteiger partial charge < -0.3 is 9.84 Å². The summed E-state index contributed by atoms with van der Waals surface area (Å²) >= 11 is 0. The van der Waals surface area contributed by atoms with E-state index in [-0.39, 0.29) is 13.0 Å². The molecule has 16 heavy (non-hydrogen) atoms. The van der Waals surface area contributed by atoms with E-state index >= 15 is 0 Å². The molecule has 0 rings (SSSR count). The first-order valence-electron chi connectivity index (χ1n) is 5.38. The quantitative estimate of drug-likeness (QED) is 0.426. The van der Waals surface area contributed by atoms with Gasteiger partial charge in [-0.1, -0.05) is 11.6 Å². The first-order chi connectivity index (χ1) is 7.31. The van der Waals surface area contributed by atoms with E-state index in [0.29, 0.717) is 6.42 Å². The van der Waals surface area contributed by atoms with Crippen molar-refractivity contribution in [2.45, 2.75) is 46.1 Å². The highest BCUT2D eigenvalue weighted by Crippen LogP contribution is 2.15. The number of allylic oxidation sites excluding steroid dienone is 2. The van der Waals surface area contributed by atoms with Crippen molar-refractivity contribution >= 4 is 11.8 Å². The maximum atomic E-state index is 11.5. The monoisotopic (exact) mass is 228 g/mol. The normalized spacial score (nSPS) is 13.8. The van der Waals surface area contributed by atoms with Crippen molar-refractivity contribution in [2.24, 2.45) is 0 Å². The van der Waals surface area contributed by atoms with Gasteiger partial charge in [0.15, 0.2) is 0 Å². The number of hydrogen-bond donors (Lipinski definition) is 1. The molecule has 0 bridgehead atoms. The number of rotatable bonds is 6. The van der Waals surface area contributed by atoms with Crippen LogP contribution in [0.1, 0.15) is 40.5 Å². The molecule has 0 spiro atoms. The minimum atomic E-state index is -1.64. The first kappa shape index (κ1) is 14.8. The number of aliphatic hydroxyl groups is 1. The zero-order valence-corrected chi connectivity index (χ0v) is 10.4. The van der Waals surface area contributed by atoms with Gasteiger partial charge in [-0.25, -0.2) is 4.79 Å². The van der Waals surface area contributed by atoms with Gasteiger partial charge >= 0.3 is 5.97 Å². The summed E-state index contributed by atoms with van der Waals surface area (Å²) in [6.45, 7) is 6.95. The second kappa shape index (κ2) is 6.43. The SMILES string of the molecule is CCOC(=O)C(=O)C(C)(O)CCC=C(C)C. The molecule has 0 aromatic carbocycles. The number of carbonyl (C=O) groups excluding carboxylic acids is 2. The van der Waals surface area contributed by atoms with E-state index in [2.05, 4.69) is 4.74 Å². The number of hydrogen-bond acceptors (Lipinski definition) is 4. The Kier molecular flexibility index (Phi) is 5.96. The molecule has 0 aliphatic heterocycles. The van der Waals surface area contributed by atoms with Gasteiger partial charge in [0.1, 0.15) is 5.60 Å². The maximum Gasteiger partial charge on any atom is 0.377 e. The number of carbonyl (C=O) groups is 2. The molecule has 0 aliphatic carbocycles. The minimum absolute atomic E-state index is 0.134. The lowest BCUT2D eigenvalue weighted by molar-refractivity contribution is -0.161. The van der Waals surface area contributed by atoms with Crippen LogP contribution in [-0.2, 0) is 14.3 Å². The second-order valence-corrected chi connectivity index (χ2v) is 4.14. The molecular weight excluding hydrogens is 208 g/mol. The average molecular weight is 228 g/mol. The third-order valence-corrected chi connectivity index (χ3v) is 2.13. The smallest absolute Gasteiger partial charge is 0.377 e. The fourth-order valence-corrected chi connectivity index (χ4v) is 1.17. The van der Waals surface area contributed by atoms with Crippen molar-refractivity contribution < 1.29 is 19.4 Å². The van der Waals surface area contributed by atoms with Crippen molar-refractivity contribution in [2.75, 3.05) is 6.61 Å². The zero-order chi connectivity index (χ0) is 12.8. The maximum absolute atomic E-state index is 11.5. The topological polar surface area (TPSA) is 63.6 Å². The summed E-state index contributed by atoms with van der Waals surface area (Å²) in [5.74, 6) is -1.85. The Balaban J connectivity index is 4.36. The molecule has 1 atom stereocenters. The van der Waals surface area contributed by atoms with Gasteiger partial charge in [-0.3, -0.25) is 4.79 Å². The standard InChI is InChI=1S/C12H20O4/c1-5-16-11(14)10(13)12(4,15)8-6-7-9(2)3/h7,15H,5-6,8H2,1-4H3. The summed E-state index contributed by atoms with van der Waals surface area (Å²) in [7, 11) is 0. The van der Waals surface area contributed by atoms with Crippen LogP contribution < -0.4 is 0 Å². The van der Waals surface area contributed by atoms with Crippen LogP contribution >= 0.6 is 0 Å². The summed E-state index contributed by atoms with van der Waals surface area (Å²) in [5, 5.41) is 9.81. The molecule has 4 nitrogen and oxygen atoms in total. The van der Waals surface area contributed by atoms with Crippen molar-refractivity contribution in [1.29, 1.82) is 0 Å². The molecule has 0 aromatic rings. The fraction of sp³-hybridized carbons (Fsp3) is 0.667. The number of ether oxygens (including phenoxy) is 1. The molecule has 0 aromatic heterocycles. The highest BCUT2D eigenvalue weighted by molar-refractivity contribution is 6.36. The lowest BCUT2D eigenvalue weighted by Gasteiger charge is -2.19. The van der Waals surface area contributed by atoms with E-state index in [1.807, 2.05) is 19.9 Å². The molecule has 0 saturated heterocycles. The molecule has 0 heterocycles. The summed E-state index contributed by atoms with van der Waals surface area (Å²) < 4.78 is 4.55. The van der Waals surface area contributed by atoms with Gasteiger partial charge in [0.25, 0.3) is 5.78 Å². The molecule has 1 unspecified atom stereocenters. The van der Waals surface area contributed by atoms with Crippen LogP contribution in [0.15, 0.2) is 11.6 Å². The molecule has 0 amide bonds. The van der Waals surface area contributed by atoms with Gasteiger partial charge in [0.2, 0.25) is 0 Å². The van der Waals surface area contributed by atoms with Crippen LogP contribution in [0.4, 0.5) is 0 Å². The van der Waals surface area contributed by atoms with Gasteiger partial charge in [0.05, 0.1) is 6.61 Å². The van der Waals surface area contributed by atoms with Crippen LogP contribution in [0.25, 0.3) is 0 Å². The Morgan fingerprint density at radius 2 is 1.94 bits per heavy atom. The zero-order valence-electron chi connectivity index (χ0n) is 10.4. The van der Waals surface area contributed by atoms with Gasteiger partial charge in [-0.2, -0.15) is 0 Å². The molecule has 1 N–H and O–H groups in total. The molecule has 4 heteroatoms. The average Bonchev–Trinajstić information content (AvgIpc) is 2.16. The Hall–Kier alpha value is -1.16. The largest absolute Gasteiger partial charge is 0.460 e. The van der Waals surface area contributed by atoms with Crippen molar-refractivity contribution in [3.05, 3.63) is 11.6 Å². The number of Topliss-reactive ketones (excluding diaryl/α,β-unsaturated/α-hetero) is 1. The van der Waals surface area contributed by atoms with Gasteiger partial charge in [-0.15, -0.1) is 0 Å². The summed E-state index contributed by atoms with van der Waals surface area (Å²) in [6, 6.07) is 0. The van der Waals surface area contributed by atoms with E-state index in [1.165, 1.54) is 6.92 Å². The van der Waals surface area contributed by atoms with Gasteiger partial charge in [0, 0.05) is 0 Å². The van der Waals surface area contributed by atoms with Crippen molar-refractivity contribution in [3.63, 3.8) is 0 Å². The molecule has 0 fully saturated rings. The van der Waals surface area contributed by atoms with Crippen LogP contribution in [0.3, 0.4) is 0 Å². The Morgan fingerprint density at radius 1 is 1.38 bits per heavy atom. The fourth-order valence-electron chi connectivity index (χ4n) is 1.17. The molecule has 0 radical (unpaired) electrons. The molecule has 0 aliphatic rings. The number of esters is 1.